The van der Waals surface area contributed by atoms with Crippen molar-refractivity contribution in [3.63, 3.8) is 0 Å². The fraction of sp³-hybridized carbons (Fsp3) is 0.323. The van der Waals surface area contributed by atoms with Crippen LogP contribution in [-0.4, -0.2) is 74.8 Å². The Morgan fingerprint density at radius 1 is 1.07 bits per heavy atom. The molecule has 2 amide bonds. The van der Waals surface area contributed by atoms with Gasteiger partial charge in [0.05, 0.1) is 19.8 Å². The van der Waals surface area contributed by atoms with Gasteiger partial charge in [0.1, 0.15) is 5.82 Å². The molecule has 4 aromatic rings. The highest BCUT2D eigenvalue weighted by molar-refractivity contribution is 5.91. The molecule has 1 fully saturated rings. The smallest absolute Gasteiger partial charge is 0.267 e. The molecule has 1 aliphatic heterocycles. The van der Waals surface area contributed by atoms with Crippen LogP contribution < -0.4 is 15.7 Å². The lowest BCUT2D eigenvalue weighted by Crippen LogP contribution is -2.37. The van der Waals surface area contributed by atoms with Crippen LogP contribution in [0.25, 0.3) is 28.6 Å². The quantitative estimate of drug-likeness (QED) is 0.145. The van der Waals surface area contributed by atoms with Gasteiger partial charge in [0.25, 0.3) is 5.91 Å². The van der Waals surface area contributed by atoms with Crippen molar-refractivity contribution < 1.29 is 19.5 Å². The Morgan fingerprint density at radius 2 is 1.84 bits per heavy atom. The highest BCUT2D eigenvalue weighted by Crippen LogP contribution is 2.30. The normalized spacial score (nSPS) is 13.7. The lowest BCUT2D eigenvalue weighted by molar-refractivity contribution is -0.124. The Labute approximate surface area is 250 Å². The summed E-state index contributed by atoms with van der Waals surface area (Å²) in [6.45, 7) is 8.20. The summed E-state index contributed by atoms with van der Waals surface area (Å²) in [5.41, 5.74) is 6.58. The molecular weight excluding hydrogens is 548 g/mol. The highest BCUT2D eigenvalue weighted by Gasteiger charge is 2.23. The Morgan fingerprint density at radius 3 is 2.53 bits per heavy atom. The molecule has 12 heteroatoms. The third-order valence-corrected chi connectivity index (χ3v) is 7.10. The first-order chi connectivity index (χ1) is 20.8. The molecule has 0 aliphatic carbocycles. The molecule has 1 aliphatic rings. The van der Waals surface area contributed by atoms with Gasteiger partial charge in [0, 0.05) is 50.4 Å². The van der Waals surface area contributed by atoms with E-state index in [4.69, 9.17) is 24.9 Å². The van der Waals surface area contributed by atoms with E-state index in [9.17, 15) is 9.59 Å². The number of nitrogens with zero attached hydrogens (tertiary/aromatic N) is 6. The number of anilines is 2. The van der Waals surface area contributed by atoms with E-state index in [0.29, 0.717) is 57.4 Å². The number of fused-ring (bicyclic) bond motifs is 1. The summed E-state index contributed by atoms with van der Waals surface area (Å²) in [5.74, 6) is 1.53. The minimum absolute atomic E-state index is 0.139. The zero-order valence-corrected chi connectivity index (χ0v) is 24.6. The number of rotatable bonds is 10. The van der Waals surface area contributed by atoms with Crippen molar-refractivity contribution in [2.45, 2.75) is 33.5 Å². The van der Waals surface area contributed by atoms with Crippen molar-refractivity contribution in [2.75, 3.05) is 43.6 Å². The fourth-order valence-corrected chi connectivity index (χ4v) is 5.10. The molecule has 0 bridgehead atoms. The number of hydrogen-bond donors (Lipinski definition) is 3. The standard InChI is InChI=1S/C31H36N8O4/c1-4-39-26(20-37(3)19-23-10-8-22(9-11-23)12-13-27(41)36-42)33-28-30(38-14-16-43-17-15-38)34-29(35-31(28)39)24-6-5-7-25(18-24)32-21(2)40/h5-13,18,42H,4,14-17,19-20H2,1-3H3,(H,32,40)(H,36,41). The number of amides is 2. The molecule has 0 saturated carbocycles. The molecule has 1 saturated heterocycles. The van der Waals surface area contributed by atoms with Crippen LogP contribution in [0.2, 0.25) is 0 Å². The summed E-state index contributed by atoms with van der Waals surface area (Å²) < 4.78 is 7.75. The van der Waals surface area contributed by atoms with Crippen molar-refractivity contribution >= 4 is 40.6 Å². The van der Waals surface area contributed by atoms with E-state index in [-0.39, 0.29) is 5.91 Å². The van der Waals surface area contributed by atoms with Gasteiger partial charge in [-0.2, -0.15) is 0 Å². The van der Waals surface area contributed by atoms with Crippen LogP contribution in [0.5, 0.6) is 0 Å². The van der Waals surface area contributed by atoms with E-state index in [1.807, 2.05) is 55.6 Å². The van der Waals surface area contributed by atoms with Gasteiger partial charge in [0.2, 0.25) is 5.91 Å². The molecule has 0 unspecified atom stereocenters. The van der Waals surface area contributed by atoms with Gasteiger partial charge in [-0.25, -0.2) is 20.4 Å². The number of benzene rings is 2. The van der Waals surface area contributed by atoms with Crippen LogP contribution in [0, 0.1) is 0 Å². The second kappa shape index (κ2) is 13.6. The topological polar surface area (TPSA) is 138 Å². The first-order valence-corrected chi connectivity index (χ1v) is 14.2. The van der Waals surface area contributed by atoms with Gasteiger partial charge >= 0.3 is 0 Å². The molecule has 0 spiro atoms. The molecule has 3 N–H and O–H groups in total. The van der Waals surface area contributed by atoms with Gasteiger partial charge in [-0.1, -0.05) is 36.4 Å². The number of hydroxylamine groups is 1. The first-order valence-electron chi connectivity index (χ1n) is 14.2. The van der Waals surface area contributed by atoms with Crippen molar-refractivity contribution in [2.24, 2.45) is 0 Å². The molecule has 2 aromatic heterocycles. The summed E-state index contributed by atoms with van der Waals surface area (Å²) in [5, 5.41) is 11.5. The maximum Gasteiger partial charge on any atom is 0.267 e. The minimum Gasteiger partial charge on any atom is -0.378 e. The Hall–Kier alpha value is -4.65. The molecular formula is C31H36N8O4. The van der Waals surface area contributed by atoms with Crippen molar-refractivity contribution in [1.82, 2.24) is 29.9 Å². The van der Waals surface area contributed by atoms with Crippen LogP contribution in [0.3, 0.4) is 0 Å². The summed E-state index contributed by atoms with van der Waals surface area (Å²) >= 11 is 0. The third kappa shape index (κ3) is 7.23. The zero-order valence-electron chi connectivity index (χ0n) is 24.6. The number of carbonyl (C=O) groups excluding carboxylic acids is 2. The van der Waals surface area contributed by atoms with E-state index in [1.54, 1.807) is 11.6 Å². The average molecular weight is 585 g/mol. The summed E-state index contributed by atoms with van der Waals surface area (Å²) in [4.78, 5) is 42.4. The van der Waals surface area contributed by atoms with Crippen LogP contribution in [0.4, 0.5) is 11.5 Å². The van der Waals surface area contributed by atoms with Gasteiger partial charge in [-0.15, -0.1) is 0 Å². The van der Waals surface area contributed by atoms with E-state index in [2.05, 4.69) is 26.6 Å². The number of aryl methyl sites for hydroxylation is 1. The number of imidazole rings is 1. The van der Waals surface area contributed by atoms with E-state index < -0.39 is 5.91 Å². The second-order valence-corrected chi connectivity index (χ2v) is 10.4. The fourth-order valence-electron chi connectivity index (χ4n) is 5.10. The van der Waals surface area contributed by atoms with E-state index in [0.717, 1.165) is 39.5 Å². The predicted molar refractivity (Wildman–Crippen MR) is 164 cm³/mol. The molecule has 224 valence electrons. The summed E-state index contributed by atoms with van der Waals surface area (Å²) in [7, 11) is 2.05. The van der Waals surface area contributed by atoms with Crippen LogP contribution in [0.15, 0.2) is 54.6 Å². The Balaban J connectivity index is 1.45. The largest absolute Gasteiger partial charge is 0.378 e. The number of ether oxygens (including phenoxy) is 1. The Kier molecular flexibility index (Phi) is 9.40. The third-order valence-electron chi connectivity index (χ3n) is 7.10. The second-order valence-electron chi connectivity index (χ2n) is 10.4. The van der Waals surface area contributed by atoms with Gasteiger partial charge in [0.15, 0.2) is 22.8 Å². The van der Waals surface area contributed by atoms with Gasteiger partial charge in [-0.3, -0.25) is 19.7 Å². The number of nitrogens with one attached hydrogen (secondary N) is 2. The van der Waals surface area contributed by atoms with E-state index in [1.165, 1.54) is 13.0 Å². The lowest BCUT2D eigenvalue weighted by Gasteiger charge is -2.28. The summed E-state index contributed by atoms with van der Waals surface area (Å²) in [6, 6.07) is 15.4. The monoisotopic (exact) mass is 584 g/mol. The van der Waals surface area contributed by atoms with Gasteiger partial charge in [-0.05, 0) is 43.3 Å². The maximum absolute atomic E-state index is 11.7. The highest BCUT2D eigenvalue weighted by atomic mass is 16.5. The van der Waals surface area contributed by atoms with Crippen molar-refractivity contribution in [1.29, 1.82) is 0 Å². The molecule has 5 rings (SSSR count). The minimum atomic E-state index is -0.574. The van der Waals surface area contributed by atoms with Crippen LogP contribution in [0.1, 0.15) is 30.8 Å². The molecule has 12 nitrogen and oxygen atoms in total. The number of carbonyl (C=O) groups is 2. The molecule has 2 aromatic carbocycles. The number of hydrogen-bond acceptors (Lipinski definition) is 9. The SMILES string of the molecule is CCn1c(CN(C)Cc2ccc(C=CC(=O)NO)cc2)nc2c(N3CCOCC3)nc(-c3cccc(NC(C)=O)c3)nc21. The zero-order chi connectivity index (χ0) is 30.3. The summed E-state index contributed by atoms with van der Waals surface area (Å²) in [6.07, 6.45) is 2.91. The van der Waals surface area contributed by atoms with Crippen LogP contribution in [-0.2, 0) is 34.0 Å². The molecule has 0 radical (unpaired) electrons. The van der Waals surface area contributed by atoms with Crippen molar-refractivity contribution in [3.8, 4) is 11.4 Å². The maximum atomic E-state index is 11.7. The van der Waals surface area contributed by atoms with Gasteiger partial charge < -0.3 is 19.5 Å². The van der Waals surface area contributed by atoms with E-state index >= 15 is 0 Å². The average Bonchev–Trinajstić information content (AvgIpc) is 3.36. The van der Waals surface area contributed by atoms with Crippen LogP contribution >= 0.6 is 0 Å². The number of morpholine rings is 1. The Bertz CT molecular complexity index is 1630. The molecule has 43 heavy (non-hydrogen) atoms. The lowest BCUT2D eigenvalue weighted by atomic mass is 10.1. The first kappa shape index (κ1) is 29.8. The number of aromatic nitrogens is 4. The molecule has 0 atom stereocenters. The predicted octanol–water partition coefficient (Wildman–Crippen LogP) is 3.46. The molecule has 3 heterocycles. The van der Waals surface area contributed by atoms with Crippen molar-refractivity contribution in [3.05, 3.63) is 71.6 Å².